The van der Waals surface area contributed by atoms with Crippen LogP contribution in [0.3, 0.4) is 0 Å². The van der Waals surface area contributed by atoms with Gasteiger partial charge >= 0.3 is 0 Å². The summed E-state index contributed by atoms with van der Waals surface area (Å²) in [5.41, 5.74) is 0.208. The Morgan fingerprint density at radius 2 is 2.37 bits per heavy atom. The van der Waals surface area contributed by atoms with E-state index in [1.807, 2.05) is 6.07 Å². The molecule has 0 bridgehead atoms. The summed E-state index contributed by atoms with van der Waals surface area (Å²) in [5, 5.41) is 7.43. The maximum atomic E-state index is 12.2. The van der Waals surface area contributed by atoms with Crippen molar-refractivity contribution in [2.75, 3.05) is 5.32 Å². The molecule has 19 heavy (non-hydrogen) atoms. The summed E-state index contributed by atoms with van der Waals surface area (Å²) < 4.78 is 6.69. The Morgan fingerprint density at radius 1 is 1.53 bits per heavy atom. The first-order valence-electron chi connectivity index (χ1n) is 6.26. The van der Waals surface area contributed by atoms with Crippen LogP contribution in [0.25, 0.3) is 0 Å². The largest absolute Gasteiger partial charge is 0.467 e. The van der Waals surface area contributed by atoms with E-state index >= 15 is 0 Å². The smallest absolute Gasteiger partial charge is 0.291 e. The fourth-order valence-electron chi connectivity index (χ4n) is 1.89. The number of rotatable bonds is 5. The highest BCUT2D eigenvalue weighted by atomic mass is 35.5. The lowest BCUT2D eigenvalue weighted by Gasteiger charge is -2.09. The van der Waals surface area contributed by atoms with Crippen LogP contribution in [0.5, 0.6) is 0 Å². The van der Waals surface area contributed by atoms with Crippen molar-refractivity contribution in [1.29, 1.82) is 0 Å². The molecule has 2 heterocycles. The van der Waals surface area contributed by atoms with E-state index in [0.29, 0.717) is 29.7 Å². The predicted octanol–water partition coefficient (Wildman–Crippen LogP) is 2.51. The van der Waals surface area contributed by atoms with Crippen molar-refractivity contribution in [3.8, 4) is 0 Å². The van der Waals surface area contributed by atoms with Crippen LogP contribution in [0.4, 0.5) is 5.69 Å². The molecule has 6 heteroatoms. The lowest BCUT2D eigenvalue weighted by molar-refractivity contribution is 0.516. The maximum absolute atomic E-state index is 12.2. The van der Waals surface area contributed by atoms with Gasteiger partial charge in [0.25, 0.3) is 5.56 Å². The molecular formula is C13H14ClN3O2. The van der Waals surface area contributed by atoms with Crippen LogP contribution in [-0.4, -0.2) is 9.78 Å². The van der Waals surface area contributed by atoms with Gasteiger partial charge in [0.2, 0.25) is 0 Å². The number of nitrogens with zero attached hydrogens (tertiary/aromatic N) is 2. The molecule has 0 saturated heterocycles. The molecule has 5 nitrogen and oxygen atoms in total. The van der Waals surface area contributed by atoms with Crippen LogP contribution in [0, 0.1) is 5.92 Å². The molecule has 1 saturated carbocycles. The van der Waals surface area contributed by atoms with Gasteiger partial charge in [-0.3, -0.25) is 4.79 Å². The normalized spacial score (nSPS) is 14.6. The molecule has 3 rings (SSSR count). The number of nitrogens with one attached hydrogen (secondary N) is 1. The summed E-state index contributed by atoms with van der Waals surface area (Å²) in [6.45, 7) is 1.10. The van der Waals surface area contributed by atoms with E-state index in [-0.39, 0.29) is 5.56 Å². The fraction of sp³-hybridized carbons (Fsp3) is 0.385. The molecule has 0 atom stereocenters. The summed E-state index contributed by atoms with van der Waals surface area (Å²) in [6, 6.07) is 3.64. The van der Waals surface area contributed by atoms with Gasteiger partial charge in [0.15, 0.2) is 0 Å². The molecule has 2 aromatic heterocycles. The Kier molecular flexibility index (Phi) is 3.29. The summed E-state index contributed by atoms with van der Waals surface area (Å²) in [4.78, 5) is 12.2. The van der Waals surface area contributed by atoms with Gasteiger partial charge in [-0.2, -0.15) is 5.10 Å². The third kappa shape index (κ3) is 2.81. The molecule has 0 amide bonds. The standard InChI is InChI=1S/C13H14ClN3O2/c14-11-7-16-17(8-9-3-4-9)13(18)12(11)15-6-10-2-1-5-19-10/h1-2,5,7,9,15H,3-4,6,8H2. The second-order valence-electron chi connectivity index (χ2n) is 4.73. The lowest BCUT2D eigenvalue weighted by atomic mass is 10.4. The fourth-order valence-corrected chi connectivity index (χ4v) is 2.08. The van der Waals surface area contributed by atoms with Crippen LogP contribution in [0.1, 0.15) is 18.6 Å². The first-order valence-corrected chi connectivity index (χ1v) is 6.63. The lowest BCUT2D eigenvalue weighted by Crippen LogP contribution is -2.26. The number of hydrogen-bond donors (Lipinski definition) is 1. The van der Waals surface area contributed by atoms with Crippen molar-refractivity contribution < 1.29 is 4.42 Å². The third-order valence-corrected chi connectivity index (χ3v) is 3.43. The Labute approximate surface area is 115 Å². The molecule has 100 valence electrons. The minimum atomic E-state index is -0.175. The quantitative estimate of drug-likeness (QED) is 0.913. The first kappa shape index (κ1) is 12.3. The minimum Gasteiger partial charge on any atom is -0.467 e. The maximum Gasteiger partial charge on any atom is 0.291 e. The molecule has 0 spiro atoms. The zero-order chi connectivity index (χ0) is 13.2. The van der Waals surface area contributed by atoms with Crippen molar-refractivity contribution in [2.24, 2.45) is 5.92 Å². The summed E-state index contributed by atoms with van der Waals surface area (Å²) in [5.74, 6) is 1.34. The van der Waals surface area contributed by atoms with Gasteiger partial charge in [0.05, 0.1) is 24.0 Å². The van der Waals surface area contributed by atoms with E-state index in [1.54, 1.807) is 12.3 Å². The molecule has 0 radical (unpaired) electrons. The second-order valence-corrected chi connectivity index (χ2v) is 5.14. The number of furan rings is 1. The van der Waals surface area contributed by atoms with Gasteiger partial charge in [-0.05, 0) is 30.9 Å². The second kappa shape index (κ2) is 5.09. The number of anilines is 1. The molecule has 0 unspecified atom stereocenters. The number of halogens is 1. The molecule has 0 aliphatic heterocycles. The van der Waals surface area contributed by atoms with Gasteiger partial charge in [-0.15, -0.1) is 0 Å². The third-order valence-electron chi connectivity index (χ3n) is 3.15. The monoisotopic (exact) mass is 279 g/mol. The highest BCUT2D eigenvalue weighted by molar-refractivity contribution is 6.32. The van der Waals surface area contributed by atoms with E-state index < -0.39 is 0 Å². The minimum absolute atomic E-state index is 0.175. The summed E-state index contributed by atoms with van der Waals surface area (Å²) in [7, 11) is 0. The molecule has 1 aliphatic carbocycles. The molecule has 2 aromatic rings. The highest BCUT2D eigenvalue weighted by Crippen LogP contribution is 2.30. The predicted molar refractivity (Wildman–Crippen MR) is 72.3 cm³/mol. The van der Waals surface area contributed by atoms with Gasteiger partial charge in [-0.25, -0.2) is 4.68 Å². The molecule has 0 aromatic carbocycles. The van der Waals surface area contributed by atoms with Crippen molar-refractivity contribution in [3.05, 3.63) is 45.7 Å². The number of hydrogen-bond acceptors (Lipinski definition) is 4. The van der Waals surface area contributed by atoms with Crippen LogP contribution in [0.2, 0.25) is 5.02 Å². The zero-order valence-electron chi connectivity index (χ0n) is 10.3. The van der Waals surface area contributed by atoms with Crippen LogP contribution < -0.4 is 10.9 Å². The summed E-state index contributed by atoms with van der Waals surface area (Å²) >= 11 is 6.02. The Morgan fingerprint density at radius 3 is 3.05 bits per heavy atom. The Balaban J connectivity index is 1.80. The van der Waals surface area contributed by atoms with E-state index in [4.69, 9.17) is 16.0 Å². The first-order chi connectivity index (χ1) is 9.24. The topological polar surface area (TPSA) is 60.1 Å². The summed E-state index contributed by atoms with van der Waals surface area (Å²) in [6.07, 6.45) is 5.45. The van der Waals surface area contributed by atoms with Gasteiger partial charge < -0.3 is 9.73 Å². The number of aromatic nitrogens is 2. The molecule has 1 aliphatic rings. The molecule has 1 N–H and O–H groups in total. The van der Waals surface area contributed by atoms with Crippen molar-refractivity contribution >= 4 is 17.3 Å². The Bertz CT molecular complexity index is 617. The average molecular weight is 280 g/mol. The zero-order valence-corrected chi connectivity index (χ0v) is 11.1. The van der Waals surface area contributed by atoms with E-state index in [9.17, 15) is 4.79 Å². The van der Waals surface area contributed by atoms with Gasteiger partial charge in [0.1, 0.15) is 11.4 Å². The average Bonchev–Trinajstić information content (AvgIpc) is 3.06. The van der Waals surface area contributed by atoms with E-state index in [0.717, 1.165) is 5.76 Å². The molecule has 1 fully saturated rings. The Hall–Kier alpha value is -1.75. The van der Waals surface area contributed by atoms with E-state index in [1.165, 1.54) is 23.7 Å². The van der Waals surface area contributed by atoms with E-state index in [2.05, 4.69) is 10.4 Å². The highest BCUT2D eigenvalue weighted by Gasteiger charge is 2.23. The van der Waals surface area contributed by atoms with Gasteiger partial charge in [-0.1, -0.05) is 11.6 Å². The van der Waals surface area contributed by atoms with Gasteiger partial charge in [0, 0.05) is 6.54 Å². The SMILES string of the molecule is O=c1c(NCc2ccco2)c(Cl)cnn1CC1CC1. The van der Waals surface area contributed by atoms with Crippen LogP contribution >= 0.6 is 11.6 Å². The van der Waals surface area contributed by atoms with Crippen molar-refractivity contribution in [3.63, 3.8) is 0 Å². The molecular weight excluding hydrogens is 266 g/mol. The van der Waals surface area contributed by atoms with Crippen molar-refractivity contribution in [1.82, 2.24) is 9.78 Å². The van der Waals surface area contributed by atoms with Crippen molar-refractivity contribution in [2.45, 2.75) is 25.9 Å². The van der Waals surface area contributed by atoms with Crippen LogP contribution in [0.15, 0.2) is 33.8 Å². The van der Waals surface area contributed by atoms with Crippen LogP contribution in [-0.2, 0) is 13.1 Å².